The van der Waals surface area contributed by atoms with Crippen LogP contribution in [0, 0.1) is 5.82 Å². The van der Waals surface area contributed by atoms with Gasteiger partial charge in [-0.05, 0) is 49.1 Å². The first-order chi connectivity index (χ1) is 12.2. The van der Waals surface area contributed by atoms with Crippen LogP contribution in [0.2, 0.25) is 0 Å². The number of halogens is 1. The summed E-state index contributed by atoms with van der Waals surface area (Å²) < 4.78 is 15.5. The Bertz CT molecular complexity index is 908. The molecule has 1 aliphatic rings. The van der Waals surface area contributed by atoms with E-state index in [1.807, 2.05) is 18.4 Å². The standard InChI is InChI=1S/C19H18FN3OS/c1-25-17-10-13(8-9-21-17)19-18(12-2-4-14(20)5-3-12)22-16-7-6-15(11-24)23(16)19/h2-5,8-10,15,24H,6-7,11H2,1H3. The highest BCUT2D eigenvalue weighted by Gasteiger charge is 2.29. The number of fused-ring (bicyclic) bond motifs is 1. The minimum absolute atomic E-state index is 0.0255. The Hall–Kier alpha value is -2.18. The maximum absolute atomic E-state index is 13.3. The second-order valence-electron chi connectivity index (χ2n) is 6.06. The summed E-state index contributed by atoms with van der Waals surface area (Å²) in [7, 11) is 0. The molecule has 0 fully saturated rings. The van der Waals surface area contributed by atoms with Gasteiger partial charge in [0, 0.05) is 23.7 Å². The number of nitrogens with zero attached hydrogens (tertiary/aromatic N) is 3. The predicted octanol–water partition coefficient (Wildman–Crippen LogP) is 3.95. The lowest BCUT2D eigenvalue weighted by molar-refractivity contribution is 0.234. The number of hydrogen-bond acceptors (Lipinski definition) is 4. The molecule has 2 aromatic heterocycles. The molecule has 1 aromatic carbocycles. The average Bonchev–Trinajstić information content (AvgIpc) is 3.21. The first kappa shape index (κ1) is 16.3. The highest BCUT2D eigenvalue weighted by Crippen LogP contribution is 2.40. The number of aliphatic hydroxyl groups excluding tert-OH is 1. The molecule has 0 aliphatic carbocycles. The molecule has 25 heavy (non-hydrogen) atoms. The second-order valence-corrected chi connectivity index (χ2v) is 6.89. The molecule has 1 atom stereocenters. The van der Waals surface area contributed by atoms with Crippen molar-refractivity contribution in [3.05, 3.63) is 54.2 Å². The van der Waals surface area contributed by atoms with Crippen molar-refractivity contribution < 1.29 is 9.50 Å². The van der Waals surface area contributed by atoms with Crippen LogP contribution in [0.5, 0.6) is 0 Å². The topological polar surface area (TPSA) is 50.9 Å². The fourth-order valence-electron chi connectivity index (χ4n) is 3.40. The van der Waals surface area contributed by atoms with E-state index in [0.29, 0.717) is 0 Å². The summed E-state index contributed by atoms with van der Waals surface area (Å²) in [5, 5.41) is 10.7. The average molecular weight is 355 g/mol. The molecule has 3 aromatic rings. The van der Waals surface area contributed by atoms with Crippen LogP contribution >= 0.6 is 11.8 Å². The molecular formula is C19H18FN3OS. The lowest BCUT2D eigenvalue weighted by Gasteiger charge is -2.15. The van der Waals surface area contributed by atoms with Crippen LogP contribution in [-0.2, 0) is 6.42 Å². The van der Waals surface area contributed by atoms with Crippen molar-refractivity contribution in [2.24, 2.45) is 0 Å². The predicted molar refractivity (Wildman–Crippen MR) is 97.1 cm³/mol. The number of aryl methyl sites for hydroxylation is 1. The SMILES string of the molecule is CSc1cc(-c2c(-c3ccc(F)cc3)nc3n2C(CO)CC3)ccn1. The molecule has 0 spiro atoms. The molecule has 6 heteroatoms. The van der Waals surface area contributed by atoms with E-state index in [0.717, 1.165) is 46.2 Å². The van der Waals surface area contributed by atoms with Crippen LogP contribution in [0.25, 0.3) is 22.5 Å². The summed E-state index contributed by atoms with van der Waals surface area (Å²) in [6.45, 7) is 0.0830. The molecule has 3 heterocycles. The molecular weight excluding hydrogens is 337 g/mol. The number of benzene rings is 1. The zero-order chi connectivity index (χ0) is 17.4. The van der Waals surface area contributed by atoms with Gasteiger partial charge in [-0.25, -0.2) is 14.4 Å². The monoisotopic (exact) mass is 355 g/mol. The Morgan fingerprint density at radius 1 is 1.24 bits per heavy atom. The maximum atomic E-state index is 13.3. The van der Waals surface area contributed by atoms with Crippen LogP contribution in [0.15, 0.2) is 47.6 Å². The number of thioether (sulfide) groups is 1. The van der Waals surface area contributed by atoms with Gasteiger partial charge in [0.25, 0.3) is 0 Å². The fraction of sp³-hybridized carbons (Fsp3) is 0.263. The van der Waals surface area contributed by atoms with Gasteiger partial charge in [0.1, 0.15) is 11.6 Å². The number of aromatic nitrogens is 3. The highest BCUT2D eigenvalue weighted by atomic mass is 32.2. The third-order valence-electron chi connectivity index (χ3n) is 4.60. The van der Waals surface area contributed by atoms with Crippen LogP contribution < -0.4 is 0 Å². The summed E-state index contributed by atoms with van der Waals surface area (Å²) in [4.78, 5) is 9.17. The maximum Gasteiger partial charge on any atom is 0.123 e. The van der Waals surface area contributed by atoms with Gasteiger partial charge in [-0.2, -0.15) is 0 Å². The minimum atomic E-state index is -0.265. The van der Waals surface area contributed by atoms with E-state index in [4.69, 9.17) is 4.98 Å². The van der Waals surface area contributed by atoms with Crippen molar-refractivity contribution in [3.8, 4) is 22.5 Å². The largest absolute Gasteiger partial charge is 0.394 e. The van der Waals surface area contributed by atoms with Gasteiger partial charge in [0.05, 0.1) is 29.1 Å². The molecule has 1 aliphatic heterocycles. The second kappa shape index (κ2) is 6.61. The molecule has 4 nitrogen and oxygen atoms in total. The minimum Gasteiger partial charge on any atom is -0.394 e. The van der Waals surface area contributed by atoms with Gasteiger partial charge in [0.2, 0.25) is 0 Å². The molecule has 0 amide bonds. The van der Waals surface area contributed by atoms with Gasteiger partial charge in [0.15, 0.2) is 0 Å². The third kappa shape index (κ3) is 2.85. The normalized spacial score (nSPS) is 16.2. The van der Waals surface area contributed by atoms with Gasteiger partial charge in [-0.1, -0.05) is 0 Å². The molecule has 4 rings (SSSR count). The van der Waals surface area contributed by atoms with E-state index in [-0.39, 0.29) is 18.5 Å². The van der Waals surface area contributed by atoms with Crippen LogP contribution in [0.3, 0.4) is 0 Å². The number of rotatable bonds is 4. The summed E-state index contributed by atoms with van der Waals surface area (Å²) in [5.74, 6) is 0.703. The van der Waals surface area contributed by atoms with Crippen molar-refractivity contribution in [2.75, 3.05) is 12.9 Å². The molecule has 1 unspecified atom stereocenters. The Morgan fingerprint density at radius 2 is 2.04 bits per heavy atom. The summed E-state index contributed by atoms with van der Waals surface area (Å²) in [6, 6.07) is 10.4. The first-order valence-electron chi connectivity index (χ1n) is 8.19. The number of hydrogen-bond donors (Lipinski definition) is 1. The quantitative estimate of drug-likeness (QED) is 0.720. The van der Waals surface area contributed by atoms with Crippen molar-refractivity contribution in [1.29, 1.82) is 0 Å². The highest BCUT2D eigenvalue weighted by molar-refractivity contribution is 7.98. The van der Waals surface area contributed by atoms with Gasteiger partial charge < -0.3 is 9.67 Å². The number of aliphatic hydroxyl groups is 1. The van der Waals surface area contributed by atoms with Crippen LogP contribution in [0.1, 0.15) is 18.3 Å². The Balaban J connectivity index is 1.94. The first-order valence-corrected chi connectivity index (χ1v) is 9.42. The Labute approximate surface area is 149 Å². The molecule has 0 bridgehead atoms. The van der Waals surface area contributed by atoms with Crippen molar-refractivity contribution in [2.45, 2.75) is 23.9 Å². The molecule has 1 N–H and O–H groups in total. The van der Waals surface area contributed by atoms with Crippen molar-refractivity contribution in [3.63, 3.8) is 0 Å². The van der Waals surface area contributed by atoms with E-state index < -0.39 is 0 Å². The van der Waals surface area contributed by atoms with Gasteiger partial charge >= 0.3 is 0 Å². The molecule has 0 saturated heterocycles. The van der Waals surface area contributed by atoms with Gasteiger partial charge in [-0.3, -0.25) is 0 Å². The van der Waals surface area contributed by atoms with E-state index in [1.165, 1.54) is 12.1 Å². The lowest BCUT2D eigenvalue weighted by atomic mass is 10.0. The zero-order valence-corrected chi connectivity index (χ0v) is 14.6. The van der Waals surface area contributed by atoms with E-state index in [9.17, 15) is 9.50 Å². The van der Waals surface area contributed by atoms with Crippen LogP contribution in [0.4, 0.5) is 4.39 Å². The van der Waals surface area contributed by atoms with Crippen LogP contribution in [-0.4, -0.2) is 32.5 Å². The lowest BCUT2D eigenvalue weighted by Crippen LogP contribution is -2.10. The van der Waals surface area contributed by atoms with Crippen molar-refractivity contribution >= 4 is 11.8 Å². The number of pyridine rings is 1. The molecule has 128 valence electrons. The summed E-state index contributed by atoms with van der Waals surface area (Å²) in [5.41, 5.74) is 3.68. The molecule has 0 radical (unpaired) electrons. The van der Waals surface area contributed by atoms with Crippen molar-refractivity contribution in [1.82, 2.24) is 14.5 Å². The Morgan fingerprint density at radius 3 is 2.76 bits per heavy atom. The Kier molecular flexibility index (Phi) is 4.31. The smallest absolute Gasteiger partial charge is 0.123 e. The summed E-state index contributed by atoms with van der Waals surface area (Å²) >= 11 is 1.58. The van der Waals surface area contributed by atoms with Gasteiger partial charge in [-0.15, -0.1) is 11.8 Å². The number of imidazole rings is 1. The third-order valence-corrected chi connectivity index (χ3v) is 5.24. The summed E-state index contributed by atoms with van der Waals surface area (Å²) in [6.07, 6.45) is 5.50. The molecule has 0 saturated carbocycles. The van der Waals surface area contributed by atoms with E-state index in [1.54, 1.807) is 30.1 Å². The van der Waals surface area contributed by atoms with E-state index in [2.05, 4.69) is 9.55 Å². The zero-order valence-electron chi connectivity index (χ0n) is 13.8. The van der Waals surface area contributed by atoms with E-state index >= 15 is 0 Å². The fourth-order valence-corrected chi connectivity index (χ4v) is 3.81.